The normalized spacial score (nSPS) is 20.9. The van der Waals surface area contributed by atoms with Crippen molar-refractivity contribution in [2.24, 2.45) is 11.8 Å². The van der Waals surface area contributed by atoms with Crippen molar-refractivity contribution in [3.05, 3.63) is 16.1 Å². The van der Waals surface area contributed by atoms with E-state index in [9.17, 15) is 9.59 Å². The molecule has 5 nitrogen and oxygen atoms in total. The number of piperidine rings is 1. The van der Waals surface area contributed by atoms with Crippen molar-refractivity contribution in [1.82, 2.24) is 15.2 Å². The van der Waals surface area contributed by atoms with Crippen molar-refractivity contribution in [3.63, 3.8) is 0 Å². The average molecular weight is 378 g/mol. The van der Waals surface area contributed by atoms with E-state index in [1.165, 1.54) is 6.42 Å². The fourth-order valence-electron chi connectivity index (χ4n) is 3.64. The molecule has 3 rings (SSSR count). The minimum Gasteiger partial charge on any atom is -0.355 e. The summed E-state index contributed by atoms with van der Waals surface area (Å²) >= 11 is 1.70. The predicted molar refractivity (Wildman–Crippen MR) is 104 cm³/mol. The first-order chi connectivity index (χ1) is 12.5. The zero-order valence-corrected chi connectivity index (χ0v) is 16.8. The lowest BCUT2D eigenvalue weighted by atomic mass is 9.85. The van der Waals surface area contributed by atoms with E-state index in [2.05, 4.69) is 24.5 Å². The Bertz CT molecular complexity index is 624. The Morgan fingerprint density at radius 3 is 2.81 bits per heavy atom. The molecule has 26 heavy (non-hydrogen) atoms. The van der Waals surface area contributed by atoms with Crippen LogP contribution < -0.4 is 5.32 Å². The number of thiazole rings is 1. The Morgan fingerprint density at radius 1 is 1.31 bits per heavy atom. The highest BCUT2D eigenvalue weighted by Gasteiger charge is 2.27. The van der Waals surface area contributed by atoms with Gasteiger partial charge in [0.05, 0.1) is 10.7 Å². The number of amides is 2. The van der Waals surface area contributed by atoms with E-state index in [0.29, 0.717) is 24.8 Å². The summed E-state index contributed by atoms with van der Waals surface area (Å²) in [4.78, 5) is 31.0. The number of hydrogen-bond acceptors (Lipinski definition) is 4. The molecule has 1 aromatic heterocycles. The van der Waals surface area contributed by atoms with E-state index in [0.717, 1.165) is 55.9 Å². The molecule has 1 atom stereocenters. The van der Waals surface area contributed by atoms with E-state index in [4.69, 9.17) is 4.98 Å². The van der Waals surface area contributed by atoms with Gasteiger partial charge in [-0.05, 0) is 31.6 Å². The molecule has 0 spiro atoms. The maximum Gasteiger partial charge on any atom is 0.223 e. The highest BCUT2D eigenvalue weighted by Crippen LogP contribution is 2.30. The van der Waals surface area contributed by atoms with Gasteiger partial charge >= 0.3 is 0 Å². The van der Waals surface area contributed by atoms with Crippen LogP contribution in [0, 0.1) is 11.8 Å². The molecule has 1 saturated heterocycles. The van der Waals surface area contributed by atoms with Crippen LogP contribution in [-0.4, -0.2) is 41.3 Å². The largest absolute Gasteiger partial charge is 0.355 e. The number of hydrogen-bond donors (Lipinski definition) is 1. The van der Waals surface area contributed by atoms with Crippen molar-refractivity contribution in [2.45, 2.75) is 64.7 Å². The number of aromatic nitrogens is 1. The fraction of sp³-hybridized carbons (Fsp3) is 0.750. The Balaban J connectivity index is 1.47. The quantitative estimate of drug-likeness (QED) is 0.792. The minimum atomic E-state index is 0.207. The SMILES string of the molecule is CC(C)CC(=O)N1CCCC(c2nc(CCNC(=O)C3CCC3)cs2)C1. The van der Waals surface area contributed by atoms with Gasteiger partial charge in [0.2, 0.25) is 11.8 Å². The van der Waals surface area contributed by atoms with Crippen molar-refractivity contribution in [2.75, 3.05) is 19.6 Å². The molecule has 2 fully saturated rings. The molecule has 0 aromatic carbocycles. The molecule has 6 heteroatoms. The highest BCUT2D eigenvalue weighted by molar-refractivity contribution is 7.09. The van der Waals surface area contributed by atoms with Crippen LogP contribution in [0.1, 0.15) is 69.0 Å². The molecule has 144 valence electrons. The number of carbonyl (C=O) groups is 2. The van der Waals surface area contributed by atoms with Gasteiger partial charge in [0.15, 0.2) is 0 Å². The summed E-state index contributed by atoms with van der Waals surface area (Å²) in [5, 5.41) is 6.29. The number of likely N-dealkylation sites (tertiary alicyclic amines) is 1. The summed E-state index contributed by atoms with van der Waals surface area (Å²) in [7, 11) is 0. The fourth-order valence-corrected chi connectivity index (χ4v) is 4.62. The molecule has 1 aliphatic heterocycles. The topological polar surface area (TPSA) is 62.3 Å². The summed E-state index contributed by atoms with van der Waals surface area (Å²) in [6.07, 6.45) is 6.86. The maximum absolute atomic E-state index is 12.3. The monoisotopic (exact) mass is 377 g/mol. The summed E-state index contributed by atoms with van der Waals surface area (Å²) in [6.45, 7) is 6.54. The van der Waals surface area contributed by atoms with Crippen molar-refractivity contribution in [3.8, 4) is 0 Å². The Kier molecular flexibility index (Phi) is 6.68. The molecule has 1 unspecified atom stereocenters. The van der Waals surface area contributed by atoms with Crippen LogP contribution in [0.25, 0.3) is 0 Å². The number of nitrogens with one attached hydrogen (secondary N) is 1. The van der Waals surface area contributed by atoms with Gasteiger partial charge in [-0.1, -0.05) is 20.3 Å². The molecule has 2 amide bonds. The Labute approximate surface area is 160 Å². The van der Waals surface area contributed by atoms with Crippen molar-refractivity contribution >= 4 is 23.2 Å². The molecule has 2 aliphatic rings. The van der Waals surface area contributed by atoms with Crippen LogP contribution >= 0.6 is 11.3 Å². The molecular formula is C20H31N3O2S. The summed E-state index contributed by atoms with van der Waals surface area (Å²) in [5.74, 6) is 1.50. The van der Waals surface area contributed by atoms with Crippen LogP contribution in [0.15, 0.2) is 5.38 Å². The summed E-state index contributed by atoms with van der Waals surface area (Å²) < 4.78 is 0. The lowest BCUT2D eigenvalue weighted by molar-refractivity contribution is -0.133. The van der Waals surface area contributed by atoms with E-state index >= 15 is 0 Å². The van der Waals surface area contributed by atoms with Gasteiger partial charge < -0.3 is 10.2 Å². The molecular weight excluding hydrogens is 346 g/mol. The zero-order chi connectivity index (χ0) is 18.5. The van der Waals surface area contributed by atoms with E-state index < -0.39 is 0 Å². The zero-order valence-electron chi connectivity index (χ0n) is 16.0. The smallest absolute Gasteiger partial charge is 0.223 e. The molecule has 1 aromatic rings. The second-order valence-corrected chi connectivity index (χ2v) is 9.01. The highest BCUT2D eigenvalue weighted by atomic mass is 32.1. The van der Waals surface area contributed by atoms with Crippen LogP contribution in [0.5, 0.6) is 0 Å². The van der Waals surface area contributed by atoms with Gasteiger partial charge in [-0.15, -0.1) is 11.3 Å². The third-order valence-corrected chi connectivity index (χ3v) is 6.49. The minimum absolute atomic E-state index is 0.207. The predicted octanol–water partition coefficient (Wildman–Crippen LogP) is 3.35. The van der Waals surface area contributed by atoms with E-state index in [1.807, 2.05) is 4.90 Å². The van der Waals surface area contributed by atoms with Gasteiger partial charge in [0, 0.05) is 49.7 Å². The van der Waals surface area contributed by atoms with Gasteiger partial charge in [-0.2, -0.15) is 0 Å². The van der Waals surface area contributed by atoms with Gasteiger partial charge in [-0.25, -0.2) is 4.98 Å². The Morgan fingerprint density at radius 2 is 2.12 bits per heavy atom. The first kappa shape index (κ1) is 19.3. The number of carbonyl (C=O) groups excluding carboxylic acids is 2. The van der Waals surface area contributed by atoms with Crippen molar-refractivity contribution < 1.29 is 9.59 Å². The maximum atomic E-state index is 12.3. The second-order valence-electron chi connectivity index (χ2n) is 8.12. The third-order valence-electron chi connectivity index (χ3n) is 5.43. The molecule has 2 heterocycles. The van der Waals surface area contributed by atoms with Gasteiger partial charge in [0.25, 0.3) is 0 Å². The molecule has 1 N–H and O–H groups in total. The summed E-state index contributed by atoms with van der Waals surface area (Å²) in [6, 6.07) is 0. The second kappa shape index (κ2) is 8.98. The standard InChI is InChI=1S/C20H31N3O2S/c1-14(2)11-18(24)23-10-4-7-16(12-23)20-22-17(13-26-20)8-9-21-19(25)15-5-3-6-15/h13-16H,3-12H2,1-2H3,(H,21,25). The molecule has 0 radical (unpaired) electrons. The van der Waals surface area contributed by atoms with E-state index in [-0.39, 0.29) is 17.7 Å². The number of rotatable bonds is 7. The van der Waals surface area contributed by atoms with Crippen LogP contribution in [0.3, 0.4) is 0 Å². The lowest BCUT2D eigenvalue weighted by Gasteiger charge is -2.32. The molecule has 1 aliphatic carbocycles. The average Bonchev–Trinajstić information content (AvgIpc) is 3.01. The first-order valence-electron chi connectivity index (χ1n) is 10.0. The van der Waals surface area contributed by atoms with Crippen LogP contribution in [-0.2, 0) is 16.0 Å². The molecule has 0 bridgehead atoms. The van der Waals surface area contributed by atoms with E-state index in [1.54, 1.807) is 11.3 Å². The van der Waals surface area contributed by atoms with Gasteiger partial charge in [-0.3, -0.25) is 9.59 Å². The van der Waals surface area contributed by atoms with Crippen molar-refractivity contribution in [1.29, 1.82) is 0 Å². The number of nitrogens with zero attached hydrogens (tertiary/aromatic N) is 2. The van der Waals surface area contributed by atoms with Crippen LogP contribution in [0.2, 0.25) is 0 Å². The summed E-state index contributed by atoms with van der Waals surface area (Å²) in [5.41, 5.74) is 1.06. The van der Waals surface area contributed by atoms with Crippen LogP contribution in [0.4, 0.5) is 0 Å². The lowest BCUT2D eigenvalue weighted by Crippen LogP contribution is -2.39. The molecule has 1 saturated carbocycles. The third kappa shape index (κ3) is 5.06. The Hall–Kier alpha value is -1.43. The van der Waals surface area contributed by atoms with Gasteiger partial charge in [0.1, 0.15) is 0 Å². The first-order valence-corrected chi connectivity index (χ1v) is 10.9.